The van der Waals surface area contributed by atoms with E-state index in [4.69, 9.17) is 15.2 Å². The van der Waals surface area contributed by atoms with Gasteiger partial charge in [-0.05, 0) is 37.3 Å². The summed E-state index contributed by atoms with van der Waals surface area (Å²) in [6, 6.07) is 8.60. The molecular formula is C18H16FN3O3S. The van der Waals surface area contributed by atoms with Gasteiger partial charge in [-0.1, -0.05) is 0 Å². The highest BCUT2D eigenvalue weighted by Crippen LogP contribution is 2.33. The monoisotopic (exact) mass is 373 g/mol. The number of aryl methyl sites for hydroxylation is 1. The molecule has 0 saturated carbocycles. The molecule has 0 aliphatic carbocycles. The van der Waals surface area contributed by atoms with Crippen LogP contribution in [-0.2, 0) is 0 Å². The molecular weight excluding hydrogens is 357 g/mol. The third kappa shape index (κ3) is 3.92. The van der Waals surface area contributed by atoms with Crippen LogP contribution in [0.5, 0.6) is 17.2 Å². The van der Waals surface area contributed by atoms with Crippen LogP contribution in [0.2, 0.25) is 0 Å². The molecule has 0 fully saturated rings. The van der Waals surface area contributed by atoms with Crippen molar-refractivity contribution in [3.63, 3.8) is 0 Å². The molecule has 0 aliphatic rings. The van der Waals surface area contributed by atoms with E-state index in [0.717, 1.165) is 5.69 Å². The maximum atomic E-state index is 13.3. The number of hydrogen-bond donors (Lipinski definition) is 2. The molecule has 3 N–H and O–H groups in total. The highest BCUT2D eigenvalue weighted by Gasteiger charge is 2.14. The minimum Gasteiger partial charge on any atom is -0.493 e. The SMILES string of the molecule is COc1cc(F)ccc1Oc1ccc(N)c(C(=O)Nc2nc(C)cs2)c1. The number of amides is 1. The fourth-order valence-corrected chi connectivity index (χ4v) is 2.91. The van der Waals surface area contributed by atoms with Gasteiger partial charge in [0.1, 0.15) is 11.6 Å². The maximum absolute atomic E-state index is 13.3. The molecule has 0 aliphatic heterocycles. The summed E-state index contributed by atoms with van der Waals surface area (Å²) in [5.74, 6) is 0.0925. The Morgan fingerprint density at radius 3 is 2.73 bits per heavy atom. The van der Waals surface area contributed by atoms with Gasteiger partial charge in [0.2, 0.25) is 0 Å². The summed E-state index contributed by atoms with van der Waals surface area (Å²) >= 11 is 1.32. The molecule has 6 nitrogen and oxygen atoms in total. The van der Waals surface area contributed by atoms with Crippen molar-refractivity contribution in [2.45, 2.75) is 6.92 Å². The number of rotatable bonds is 5. The van der Waals surface area contributed by atoms with Crippen molar-refractivity contribution >= 4 is 28.1 Å². The van der Waals surface area contributed by atoms with Gasteiger partial charge in [-0.3, -0.25) is 10.1 Å². The molecule has 0 atom stereocenters. The molecule has 0 unspecified atom stereocenters. The smallest absolute Gasteiger partial charge is 0.259 e. The molecule has 1 amide bonds. The quantitative estimate of drug-likeness (QED) is 0.654. The fourth-order valence-electron chi connectivity index (χ4n) is 2.22. The van der Waals surface area contributed by atoms with Crippen molar-refractivity contribution in [1.29, 1.82) is 0 Å². The summed E-state index contributed by atoms with van der Waals surface area (Å²) in [5, 5.41) is 5.02. The number of carbonyl (C=O) groups excluding carboxylic acids is 1. The molecule has 3 rings (SSSR count). The number of halogens is 1. The Morgan fingerprint density at radius 2 is 2.04 bits per heavy atom. The molecule has 134 valence electrons. The number of nitrogens with two attached hydrogens (primary N) is 1. The highest BCUT2D eigenvalue weighted by molar-refractivity contribution is 7.13. The van der Waals surface area contributed by atoms with Gasteiger partial charge in [0, 0.05) is 17.1 Å². The molecule has 0 bridgehead atoms. The zero-order valence-electron chi connectivity index (χ0n) is 14.1. The number of nitrogen functional groups attached to an aromatic ring is 1. The minimum absolute atomic E-state index is 0.242. The van der Waals surface area contributed by atoms with Crippen molar-refractivity contribution in [3.8, 4) is 17.2 Å². The highest BCUT2D eigenvalue weighted by atomic mass is 32.1. The van der Waals surface area contributed by atoms with Crippen LogP contribution in [0.25, 0.3) is 0 Å². The zero-order valence-corrected chi connectivity index (χ0v) is 14.9. The Balaban J connectivity index is 1.84. The summed E-state index contributed by atoms with van der Waals surface area (Å²) < 4.78 is 24.1. The molecule has 1 heterocycles. The molecule has 8 heteroatoms. The topological polar surface area (TPSA) is 86.5 Å². The van der Waals surface area contributed by atoms with Gasteiger partial charge < -0.3 is 15.2 Å². The van der Waals surface area contributed by atoms with Gasteiger partial charge >= 0.3 is 0 Å². The van der Waals surface area contributed by atoms with Gasteiger partial charge in [0.15, 0.2) is 16.6 Å². The van der Waals surface area contributed by atoms with Gasteiger partial charge in [-0.25, -0.2) is 9.37 Å². The Bertz CT molecular complexity index is 959. The van der Waals surface area contributed by atoms with E-state index in [1.54, 1.807) is 12.1 Å². The third-order valence-electron chi connectivity index (χ3n) is 3.46. The number of aromatic nitrogens is 1. The van der Waals surface area contributed by atoms with Crippen LogP contribution in [-0.4, -0.2) is 18.0 Å². The van der Waals surface area contributed by atoms with Crippen LogP contribution in [0.1, 0.15) is 16.1 Å². The predicted molar refractivity (Wildman–Crippen MR) is 98.7 cm³/mol. The number of thiazole rings is 1. The molecule has 0 spiro atoms. The first kappa shape index (κ1) is 17.7. The zero-order chi connectivity index (χ0) is 18.7. The number of carbonyl (C=O) groups is 1. The second-order valence-corrected chi connectivity index (χ2v) is 6.25. The molecule has 0 radical (unpaired) electrons. The van der Waals surface area contributed by atoms with E-state index >= 15 is 0 Å². The summed E-state index contributed by atoms with van der Waals surface area (Å²) in [5.41, 5.74) is 7.28. The van der Waals surface area contributed by atoms with Crippen LogP contribution in [0.3, 0.4) is 0 Å². The van der Waals surface area contributed by atoms with Crippen molar-refractivity contribution in [2.24, 2.45) is 0 Å². The van der Waals surface area contributed by atoms with Crippen molar-refractivity contribution in [3.05, 3.63) is 58.9 Å². The van der Waals surface area contributed by atoms with Crippen LogP contribution in [0.4, 0.5) is 15.2 Å². The maximum Gasteiger partial charge on any atom is 0.259 e. The summed E-state index contributed by atoms with van der Waals surface area (Å²) in [4.78, 5) is 16.7. The van der Waals surface area contributed by atoms with E-state index in [0.29, 0.717) is 22.3 Å². The summed E-state index contributed by atoms with van der Waals surface area (Å²) in [6.07, 6.45) is 0. The second-order valence-electron chi connectivity index (χ2n) is 5.39. The number of benzene rings is 2. The predicted octanol–water partition coefficient (Wildman–Crippen LogP) is 4.23. The third-order valence-corrected chi connectivity index (χ3v) is 4.34. The normalized spacial score (nSPS) is 10.4. The lowest BCUT2D eigenvalue weighted by Gasteiger charge is -2.12. The molecule has 1 aromatic heterocycles. The largest absolute Gasteiger partial charge is 0.493 e. The van der Waals surface area contributed by atoms with E-state index in [2.05, 4.69) is 10.3 Å². The second kappa shape index (κ2) is 7.40. The van der Waals surface area contributed by atoms with Crippen LogP contribution < -0.4 is 20.5 Å². The van der Waals surface area contributed by atoms with Gasteiger partial charge in [0.25, 0.3) is 5.91 Å². The number of anilines is 2. The Kier molecular flexibility index (Phi) is 5.04. The van der Waals surface area contributed by atoms with Gasteiger partial charge in [-0.2, -0.15) is 0 Å². The molecule has 2 aromatic carbocycles. The number of ether oxygens (including phenoxy) is 2. The first-order valence-corrected chi connectivity index (χ1v) is 8.48. The van der Waals surface area contributed by atoms with Crippen molar-refractivity contribution in [1.82, 2.24) is 4.98 Å². The lowest BCUT2D eigenvalue weighted by atomic mass is 10.1. The molecule has 26 heavy (non-hydrogen) atoms. The Hall–Kier alpha value is -3.13. The van der Waals surface area contributed by atoms with E-state index in [9.17, 15) is 9.18 Å². The van der Waals surface area contributed by atoms with Gasteiger partial charge in [-0.15, -0.1) is 11.3 Å². The average molecular weight is 373 g/mol. The summed E-state index contributed by atoms with van der Waals surface area (Å²) in [7, 11) is 1.42. The molecule has 3 aromatic rings. The van der Waals surface area contributed by atoms with E-state index in [1.165, 1.54) is 42.7 Å². The van der Waals surface area contributed by atoms with E-state index < -0.39 is 11.7 Å². The standard InChI is InChI=1S/C18H16FN3O3S/c1-10-9-26-18(21-10)22-17(23)13-8-12(4-5-14(13)20)25-15-6-3-11(19)7-16(15)24-2/h3-9H,20H2,1-2H3,(H,21,22,23). The number of nitrogens with one attached hydrogen (secondary N) is 1. The number of hydrogen-bond acceptors (Lipinski definition) is 6. The first-order valence-electron chi connectivity index (χ1n) is 7.60. The Labute approximate surface area is 153 Å². The number of methoxy groups -OCH3 is 1. The Morgan fingerprint density at radius 1 is 1.23 bits per heavy atom. The average Bonchev–Trinajstić information content (AvgIpc) is 3.02. The first-order chi connectivity index (χ1) is 12.5. The molecule has 0 saturated heterocycles. The van der Waals surface area contributed by atoms with Crippen LogP contribution in [0, 0.1) is 12.7 Å². The van der Waals surface area contributed by atoms with Gasteiger partial charge in [0.05, 0.1) is 18.4 Å². The van der Waals surface area contributed by atoms with E-state index in [1.807, 2.05) is 12.3 Å². The van der Waals surface area contributed by atoms with Crippen molar-refractivity contribution < 1.29 is 18.7 Å². The van der Waals surface area contributed by atoms with E-state index in [-0.39, 0.29) is 11.3 Å². The summed E-state index contributed by atoms with van der Waals surface area (Å²) in [6.45, 7) is 1.84. The number of nitrogens with zero attached hydrogens (tertiary/aromatic N) is 1. The van der Waals surface area contributed by atoms with Crippen LogP contribution >= 0.6 is 11.3 Å². The minimum atomic E-state index is -0.440. The fraction of sp³-hybridized carbons (Fsp3) is 0.111. The van der Waals surface area contributed by atoms with Crippen molar-refractivity contribution in [2.75, 3.05) is 18.2 Å². The lowest BCUT2D eigenvalue weighted by molar-refractivity contribution is 0.102. The lowest BCUT2D eigenvalue weighted by Crippen LogP contribution is -2.14. The van der Waals surface area contributed by atoms with Crippen LogP contribution in [0.15, 0.2) is 41.8 Å².